The highest BCUT2D eigenvalue weighted by atomic mass is 19.4. The van der Waals surface area contributed by atoms with Crippen LogP contribution < -0.4 is 15.5 Å². The SMILES string of the molecule is Cc1cccc(C)c1NC(=O)NC1CCN(c2ccc(C(F)(F)F)cn2)CC1. The van der Waals surface area contributed by atoms with E-state index in [2.05, 4.69) is 15.6 Å². The first-order chi connectivity index (χ1) is 13.2. The maximum atomic E-state index is 12.6. The number of hydrogen-bond acceptors (Lipinski definition) is 3. The third kappa shape index (κ3) is 4.74. The Morgan fingerprint density at radius 1 is 1.11 bits per heavy atom. The van der Waals surface area contributed by atoms with Gasteiger partial charge in [0, 0.05) is 31.0 Å². The van der Waals surface area contributed by atoms with Gasteiger partial charge in [-0.15, -0.1) is 0 Å². The lowest BCUT2D eigenvalue weighted by molar-refractivity contribution is -0.137. The number of anilines is 2. The Kier molecular flexibility index (Phi) is 5.76. The quantitative estimate of drug-likeness (QED) is 0.808. The second-order valence-electron chi connectivity index (χ2n) is 7.03. The standard InChI is InChI=1S/C20H23F3N4O/c1-13-4-3-5-14(2)18(13)26-19(28)25-16-8-10-27(11-9-16)17-7-6-15(12-24-17)20(21,22)23/h3-7,12,16H,8-11H2,1-2H3,(H2,25,26,28). The molecule has 3 rings (SSSR count). The summed E-state index contributed by atoms with van der Waals surface area (Å²) in [7, 11) is 0. The average Bonchev–Trinajstić information content (AvgIpc) is 2.65. The molecule has 1 aromatic heterocycles. The summed E-state index contributed by atoms with van der Waals surface area (Å²) in [6, 6.07) is 8.03. The summed E-state index contributed by atoms with van der Waals surface area (Å²) in [4.78, 5) is 18.2. The van der Waals surface area contributed by atoms with E-state index in [4.69, 9.17) is 0 Å². The summed E-state index contributed by atoms with van der Waals surface area (Å²) in [6.45, 7) is 5.12. The predicted octanol–water partition coefficient (Wildman–Crippen LogP) is 4.51. The van der Waals surface area contributed by atoms with Crippen LogP contribution in [0.3, 0.4) is 0 Å². The van der Waals surface area contributed by atoms with Crippen LogP contribution in [0.25, 0.3) is 0 Å². The van der Waals surface area contributed by atoms with Crippen LogP contribution >= 0.6 is 0 Å². The minimum Gasteiger partial charge on any atom is -0.356 e. The number of amides is 2. The van der Waals surface area contributed by atoms with Gasteiger partial charge >= 0.3 is 12.2 Å². The molecule has 2 aromatic rings. The third-order valence-electron chi connectivity index (χ3n) is 4.95. The summed E-state index contributed by atoms with van der Waals surface area (Å²) in [5, 5.41) is 5.88. The van der Waals surface area contributed by atoms with Crippen LogP contribution in [0.1, 0.15) is 29.5 Å². The number of urea groups is 1. The van der Waals surface area contributed by atoms with Crippen LogP contribution in [0, 0.1) is 13.8 Å². The van der Waals surface area contributed by atoms with Crippen molar-refractivity contribution in [1.82, 2.24) is 10.3 Å². The number of aromatic nitrogens is 1. The van der Waals surface area contributed by atoms with Crippen molar-refractivity contribution in [3.63, 3.8) is 0 Å². The Morgan fingerprint density at radius 2 is 1.75 bits per heavy atom. The number of carbonyl (C=O) groups is 1. The summed E-state index contributed by atoms with van der Waals surface area (Å²) in [5.41, 5.74) is 2.05. The number of halogens is 3. The van der Waals surface area contributed by atoms with Gasteiger partial charge in [0.1, 0.15) is 5.82 Å². The maximum absolute atomic E-state index is 12.6. The van der Waals surface area contributed by atoms with Gasteiger partial charge in [-0.05, 0) is 49.9 Å². The van der Waals surface area contributed by atoms with E-state index in [9.17, 15) is 18.0 Å². The van der Waals surface area contributed by atoms with Gasteiger partial charge in [0.15, 0.2) is 0 Å². The van der Waals surface area contributed by atoms with E-state index in [1.165, 1.54) is 6.07 Å². The van der Waals surface area contributed by atoms with Crippen LogP contribution in [-0.4, -0.2) is 30.1 Å². The Bertz CT molecular complexity index is 808. The van der Waals surface area contributed by atoms with Crippen molar-refractivity contribution in [1.29, 1.82) is 0 Å². The molecule has 1 aromatic carbocycles. The lowest BCUT2D eigenvalue weighted by atomic mass is 10.1. The highest BCUT2D eigenvalue weighted by Gasteiger charge is 2.31. The largest absolute Gasteiger partial charge is 0.417 e. The molecule has 0 atom stereocenters. The summed E-state index contributed by atoms with van der Waals surface area (Å²) in [6.07, 6.45) is -2.13. The number of rotatable bonds is 3. The highest BCUT2D eigenvalue weighted by Crippen LogP contribution is 2.29. The maximum Gasteiger partial charge on any atom is 0.417 e. The molecule has 1 aliphatic heterocycles. The van der Waals surface area contributed by atoms with Crippen LogP contribution in [0.4, 0.5) is 29.5 Å². The Labute approximate surface area is 162 Å². The highest BCUT2D eigenvalue weighted by molar-refractivity contribution is 5.91. The molecule has 0 unspecified atom stereocenters. The van der Waals surface area contributed by atoms with Crippen molar-refractivity contribution in [3.8, 4) is 0 Å². The molecule has 1 fully saturated rings. The number of benzene rings is 1. The van der Waals surface area contributed by atoms with Crippen molar-refractivity contribution in [3.05, 3.63) is 53.2 Å². The van der Waals surface area contributed by atoms with Gasteiger partial charge in [0.25, 0.3) is 0 Å². The van der Waals surface area contributed by atoms with Gasteiger partial charge in [-0.1, -0.05) is 18.2 Å². The minimum atomic E-state index is -4.38. The molecule has 150 valence electrons. The van der Waals surface area contributed by atoms with E-state index in [-0.39, 0.29) is 12.1 Å². The molecule has 0 radical (unpaired) electrons. The zero-order chi connectivity index (χ0) is 20.3. The number of para-hydroxylation sites is 1. The second-order valence-corrected chi connectivity index (χ2v) is 7.03. The van der Waals surface area contributed by atoms with Gasteiger partial charge in [0.05, 0.1) is 5.56 Å². The normalized spacial score (nSPS) is 15.4. The zero-order valence-corrected chi connectivity index (χ0v) is 15.8. The molecule has 5 nitrogen and oxygen atoms in total. The molecule has 0 aliphatic carbocycles. The average molecular weight is 392 g/mol. The number of carbonyl (C=O) groups excluding carboxylic acids is 1. The molecule has 2 amide bonds. The first-order valence-corrected chi connectivity index (χ1v) is 9.16. The van der Waals surface area contributed by atoms with Crippen molar-refractivity contribution >= 4 is 17.5 Å². The van der Waals surface area contributed by atoms with Gasteiger partial charge in [-0.2, -0.15) is 13.2 Å². The molecule has 0 spiro atoms. The fourth-order valence-electron chi connectivity index (χ4n) is 3.34. The number of hydrogen-bond donors (Lipinski definition) is 2. The zero-order valence-electron chi connectivity index (χ0n) is 15.8. The van der Waals surface area contributed by atoms with Gasteiger partial charge in [0.2, 0.25) is 0 Å². The lowest BCUT2D eigenvalue weighted by Gasteiger charge is -2.33. The number of pyridine rings is 1. The Hall–Kier alpha value is -2.77. The Balaban J connectivity index is 1.52. The van der Waals surface area contributed by atoms with Gasteiger partial charge in [-0.25, -0.2) is 9.78 Å². The molecule has 2 heterocycles. The summed E-state index contributed by atoms with van der Waals surface area (Å²) in [5.74, 6) is 0.520. The molecular weight excluding hydrogens is 369 g/mol. The monoisotopic (exact) mass is 392 g/mol. The predicted molar refractivity (Wildman–Crippen MR) is 103 cm³/mol. The van der Waals surface area contributed by atoms with E-state index in [0.29, 0.717) is 31.7 Å². The number of piperidine rings is 1. The fourth-order valence-corrected chi connectivity index (χ4v) is 3.34. The molecule has 1 aliphatic rings. The van der Waals surface area contributed by atoms with Crippen molar-refractivity contribution in [2.45, 2.75) is 38.9 Å². The number of nitrogens with zero attached hydrogens (tertiary/aromatic N) is 2. The topological polar surface area (TPSA) is 57.3 Å². The first kappa shape index (κ1) is 20.0. The van der Waals surface area contributed by atoms with Crippen molar-refractivity contribution in [2.75, 3.05) is 23.3 Å². The van der Waals surface area contributed by atoms with Crippen LogP contribution in [0.2, 0.25) is 0 Å². The van der Waals surface area contributed by atoms with Crippen LogP contribution in [0.15, 0.2) is 36.5 Å². The fraction of sp³-hybridized carbons (Fsp3) is 0.400. The summed E-state index contributed by atoms with van der Waals surface area (Å²) >= 11 is 0. The molecule has 28 heavy (non-hydrogen) atoms. The molecule has 8 heteroatoms. The Morgan fingerprint density at radius 3 is 2.29 bits per heavy atom. The first-order valence-electron chi connectivity index (χ1n) is 9.16. The minimum absolute atomic E-state index is 0.00928. The van der Waals surface area contributed by atoms with Gasteiger partial charge < -0.3 is 15.5 Å². The molecule has 1 saturated heterocycles. The van der Waals surface area contributed by atoms with Crippen LogP contribution in [-0.2, 0) is 6.18 Å². The third-order valence-corrected chi connectivity index (χ3v) is 4.95. The van der Waals surface area contributed by atoms with Crippen molar-refractivity contribution < 1.29 is 18.0 Å². The van der Waals surface area contributed by atoms with E-state index >= 15 is 0 Å². The van der Waals surface area contributed by atoms with Gasteiger partial charge in [-0.3, -0.25) is 0 Å². The smallest absolute Gasteiger partial charge is 0.356 e. The second kappa shape index (κ2) is 8.08. The van der Waals surface area contributed by atoms with E-state index in [1.807, 2.05) is 36.9 Å². The molecular formula is C20H23F3N4O. The van der Waals surface area contributed by atoms with E-state index in [0.717, 1.165) is 29.1 Å². The van der Waals surface area contributed by atoms with Crippen LogP contribution in [0.5, 0.6) is 0 Å². The molecule has 0 saturated carbocycles. The molecule has 0 bridgehead atoms. The number of nitrogens with one attached hydrogen (secondary N) is 2. The number of alkyl halides is 3. The lowest BCUT2D eigenvalue weighted by Crippen LogP contribution is -2.46. The summed E-state index contributed by atoms with van der Waals surface area (Å²) < 4.78 is 37.9. The van der Waals surface area contributed by atoms with Crippen molar-refractivity contribution in [2.24, 2.45) is 0 Å². The molecule has 2 N–H and O–H groups in total. The number of aryl methyl sites for hydroxylation is 2. The van der Waals surface area contributed by atoms with E-state index < -0.39 is 11.7 Å². The van der Waals surface area contributed by atoms with E-state index in [1.54, 1.807) is 0 Å².